The molecule has 0 unspecified atom stereocenters. The van der Waals surface area contributed by atoms with Crippen LogP contribution in [0.1, 0.15) is 0 Å². The topological polar surface area (TPSA) is 45.8 Å². The van der Waals surface area contributed by atoms with E-state index in [9.17, 15) is 4.79 Å². The molecule has 0 saturated carbocycles. The molecule has 0 amide bonds. The van der Waals surface area contributed by atoms with Crippen LogP contribution < -0.4 is 5.56 Å². The van der Waals surface area contributed by atoms with Gasteiger partial charge in [0.05, 0.1) is 11.0 Å². The van der Waals surface area contributed by atoms with E-state index in [0.29, 0.717) is 5.69 Å². The molecule has 0 bridgehead atoms. The van der Waals surface area contributed by atoms with Gasteiger partial charge in [0.15, 0.2) is 0 Å². The number of hydrogen-bond acceptors (Lipinski definition) is 2. The lowest BCUT2D eigenvalue weighted by Crippen LogP contribution is -2.11. The average Bonchev–Trinajstić information content (AvgIpc) is 2.54. The molecule has 1 N–H and O–H groups in total. The van der Waals surface area contributed by atoms with Crippen molar-refractivity contribution in [2.45, 2.75) is 0 Å². The van der Waals surface area contributed by atoms with E-state index in [0.717, 1.165) is 27.4 Å². The summed E-state index contributed by atoms with van der Waals surface area (Å²) < 4.78 is 0. The zero-order chi connectivity index (χ0) is 14.2. The molecule has 100 valence electrons. The summed E-state index contributed by atoms with van der Waals surface area (Å²) in [7, 11) is 0. The predicted molar refractivity (Wildman–Crippen MR) is 85.3 cm³/mol. The third-order valence-corrected chi connectivity index (χ3v) is 3.64. The minimum Gasteiger partial charge on any atom is -0.319 e. The molecule has 1 aromatic heterocycles. The monoisotopic (exact) mass is 272 g/mol. The van der Waals surface area contributed by atoms with Crippen LogP contribution in [0.4, 0.5) is 0 Å². The molecule has 3 aromatic carbocycles. The maximum atomic E-state index is 12.4. The van der Waals surface area contributed by atoms with Crippen LogP contribution in [0.2, 0.25) is 0 Å². The first-order valence-corrected chi connectivity index (χ1v) is 6.80. The summed E-state index contributed by atoms with van der Waals surface area (Å²) >= 11 is 0. The Balaban J connectivity index is 2.09. The summed E-state index contributed by atoms with van der Waals surface area (Å²) in [6.45, 7) is 0. The molecule has 3 heteroatoms. The summed E-state index contributed by atoms with van der Waals surface area (Å²) in [5.41, 5.74) is 2.71. The Labute approximate surface area is 120 Å². The Hall–Kier alpha value is -2.94. The Morgan fingerprint density at radius 1 is 0.810 bits per heavy atom. The molecule has 0 fully saturated rings. The third-order valence-electron chi connectivity index (χ3n) is 3.64. The molecule has 0 aliphatic rings. The van der Waals surface area contributed by atoms with Gasteiger partial charge in [-0.2, -0.15) is 0 Å². The van der Waals surface area contributed by atoms with Crippen LogP contribution in [-0.4, -0.2) is 9.97 Å². The highest BCUT2D eigenvalue weighted by Crippen LogP contribution is 2.25. The average molecular weight is 272 g/mol. The van der Waals surface area contributed by atoms with Crippen LogP contribution >= 0.6 is 0 Å². The fourth-order valence-corrected chi connectivity index (χ4v) is 2.64. The van der Waals surface area contributed by atoms with Crippen LogP contribution in [0.25, 0.3) is 33.1 Å². The second-order valence-corrected chi connectivity index (χ2v) is 4.96. The van der Waals surface area contributed by atoms with Crippen molar-refractivity contribution in [3.8, 4) is 11.3 Å². The van der Waals surface area contributed by atoms with Crippen molar-refractivity contribution < 1.29 is 0 Å². The van der Waals surface area contributed by atoms with Gasteiger partial charge in [-0.15, -0.1) is 0 Å². The number of H-pyrrole nitrogens is 1. The molecule has 0 radical (unpaired) electrons. The van der Waals surface area contributed by atoms with Crippen molar-refractivity contribution >= 4 is 21.8 Å². The number of para-hydroxylation sites is 2. The molecule has 4 aromatic rings. The van der Waals surface area contributed by atoms with Gasteiger partial charge in [-0.25, -0.2) is 4.98 Å². The minimum atomic E-state index is -0.162. The lowest BCUT2D eigenvalue weighted by molar-refractivity contribution is 1.22. The number of benzene rings is 3. The van der Waals surface area contributed by atoms with Gasteiger partial charge in [0, 0.05) is 5.56 Å². The van der Waals surface area contributed by atoms with Gasteiger partial charge in [-0.3, -0.25) is 4.79 Å². The highest BCUT2D eigenvalue weighted by molar-refractivity contribution is 5.96. The van der Waals surface area contributed by atoms with Crippen LogP contribution in [0.3, 0.4) is 0 Å². The Morgan fingerprint density at radius 3 is 2.52 bits per heavy atom. The fraction of sp³-hybridized carbons (Fsp3) is 0. The van der Waals surface area contributed by atoms with Crippen molar-refractivity contribution in [1.29, 1.82) is 0 Å². The molecule has 1 heterocycles. The van der Waals surface area contributed by atoms with E-state index in [1.54, 1.807) is 0 Å². The molecule has 4 rings (SSSR count). The number of nitrogens with one attached hydrogen (secondary N) is 1. The van der Waals surface area contributed by atoms with Gasteiger partial charge in [0.2, 0.25) is 0 Å². The van der Waals surface area contributed by atoms with Gasteiger partial charge in [-0.1, -0.05) is 54.6 Å². The molecular weight excluding hydrogens is 260 g/mol. The first kappa shape index (κ1) is 11.9. The number of rotatable bonds is 1. The van der Waals surface area contributed by atoms with Gasteiger partial charge < -0.3 is 4.98 Å². The first-order valence-electron chi connectivity index (χ1n) is 6.80. The molecule has 0 atom stereocenters. The van der Waals surface area contributed by atoms with Gasteiger partial charge in [-0.05, 0) is 22.9 Å². The van der Waals surface area contributed by atoms with Crippen molar-refractivity contribution in [3.05, 3.63) is 77.1 Å². The summed E-state index contributed by atoms with van der Waals surface area (Å²) in [5, 5.41) is 2.14. The van der Waals surface area contributed by atoms with E-state index >= 15 is 0 Å². The number of aromatic nitrogens is 2. The number of hydrogen-bond donors (Lipinski definition) is 1. The minimum absolute atomic E-state index is 0.162. The molecule has 0 aliphatic heterocycles. The van der Waals surface area contributed by atoms with E-state index in [-0.39, 0.29) is 5.56 Å². The smallest absolute Gasteiger partial charge is 0.274 e. The molecule has 0 spiro atoms. The highest BCUT2D eigenvalue weighted by atomic mass is 16.1. The Kier molecular flexibility index (Phi) is 2.57. The molecule has 0 aliphatic carbocycles. The lowest BCUT2D eigenvalue weighted by atomic mass is 10.0. The first-order chi connectivity index (χ1) is 10.3. The Bertz CT molecular complexity index is 1010. The van der Waals surface area contributed by atoms with Crippen molar-refractivity contribution in [1.82, 2.24) is 9.97 Å². The van der Waals surface area contributed by atoms with Crippen LogP contribution in [-0.2, 0) is 0 Å². The summed E-state index contributed by atoms with van der Waals surface area (Å²) in [6, 6.07) is 21.5. The Morgan fingerprint density at radius 2 is 1.57 bits per heavy atom. The highest BCUT2D eigenvalue weighted by Gasteiger charge is 2.10. The predicted octanol–water partition coefficient (Wildman–Crippen LogP) is 3.74. The third kappa shape index (κ3) is 1.91. The van der Waals surface area contributed by atoms with E-state index in [4.69, 9.17) is 0 Å². The van der Waals surface area contributed by atoms with Crippen LogP contribution in [0, 0.1) is 0 Å². The summed E-state index contributed by atoms with van der Waals surface area (Å²) in [4.78, 5) is 19.8. The number of nitrogens with zero attached hydrogens (tertiary/aromatic N) is 1. The maximum Gasteiger partial charge on any atom is 0.274 e. The quantitative estimate of drug-likeness (QED) is 0.573. The molecule has 0 saturated heterocycles. The van der Waals surface area contributed by atoms with E-state index in [1.807, 2.05) is 66.7 Å². The van der Waals surface area contributed by atoms with Crippen molar-refractivity contribution in [3.63, 3.8) is 0 Å². The lowest BCUT2D eigenvalue weighted by Gasteiger charge is -2.06. The maximum absolute atomic E-state index is 12.4. The largest absolute Gasteiger partial charge is 0.319 e. The normalized spacial score (nSPS) is 11.0. The second kappa shape index (κ2) is 4.56. The standard InChI is InChI=1S/C18H12N2O/c21-18-17(19-15-10-3-4-11-16(15)20-18)14-9-5-7-12-6-1-2-8-13(12)14/h1-11H,(H,20,21). The van der Waals surface area contributed by atoms with Gasteiger partial charge in [0.1, 0.15) is 5.69 Å². The second-order valence-electron chi connectivity index (χ2n) is 4.96. The summed E-state index contributed by atoms with van der Waals surface area (Å²) in [5.74, 6) is 0. The number of fused-ring (bicyclic) bond motifs is 2. The summed E-state index contributed by atoms with van der Waals surface area (Å²) in [6.07, 6.45) is 0. The van der Waals surface area contributed by atoms with Crippen LogP contribution in [0.15, 0.2) is 71.5 Å². The SMILES string of the molecule is O=c1[nH]c2ccccc2nc1-c1cccc2ccccc12. The fourth-order valence-electron chi connectivity index (χ4n) is 2.64. The van der Waals surface area contributed by atoms with Crippen molar-refractivity contribution in [2.75, 3.05) is 0 Å². The van der Waals surface area contributed by atoms with E-state index in [1.165, 1.54) is 0 Å². The molecular formula is C18H12N2O. The van der Waals surface area contributed by atoms with E-state index in [2.05, 4.69) is 9.97 Å². The number of aromatic amines is 1. The van der Waals surface area contributed by atoms with Gasteiger partial charge in [0.25, 0.3) is 5.56 Å². The molecule has 21 heavy (non-hydrogen) atoms. The van der Waals surface area contributed by atoms with E-state index < -0.39 is 0 Å². The zero-order valence-corrected chi connectivity index (χ0v) is 11.2. The molecule has 3 nitrogen and oxygen atoms in total. The zero-order valence-electron chi connectivity index (χ0n) is 11.2. The van der Waals surface area contributed by atoms with Gasteiger partial charge >= 0.3 is 0 Å². The van der Waals surface area contributed by atoms with Crippen LogP contribution in [0.5, 0.6) is 0 Å². The van der Waals surface area contributed by atoms with Crippen molar-refractivity contribution in [2.24, 2.45) is 0 Å².